The lowest BCUT2D eigenvalue weighted by Crippen LogP contribution is -1.91. The third kappa shape index (κ3) is 0.852. The van der Waals surface area contributed by atoms with Crippen molar-refractivity contribution in [1.29, 1.82) is 0 Å². The predicted octanol–water partition coefficient (Wildman–Crippen LogP) is 1.11. The molecule has 2 rings (SSSR count). The molecular weight excluding hydrogens is 138 g/mol. The summed E-state index contributed by atoms with van der Waals surface area (Å²) in [4.78, 5) is 4.13. The van der Waals surface area contributed by atoms with Crippen molar-refractivity contribution >= 4 is 5.69 Å². The van der Waals surface area contributed by atoms with E-state index in [2.05, 4.69) is 4.98 Å². The van der Waals surface area contributed by atoms with Crippen molar-refractivity contribution in [2.75, 3.05) is 5.73 Å². The van der Waals surface area contributed by atoms with Crippen LogP contribution in [0, 0.1) is 0 Å². The Balaban J connectivity index is 2.74. The van der Waals surface area contributed by atoms with E-state index in [1.54, 1.807) is 6.20 Å². The van der Waals surface area contributed by atoms with Crippen molar-refractivity contribution < 1.29 is 0 Å². The second kappa shape index (κ2) is 1.99. The van der Waals surface area contributed by atoms with Crippen LogP contribution < -0.4 is 5.73 Å². The van der Waals surface area contributed by atoms with Gasteiger partial charge in [0.2, 0.25) is 0 Å². The summed E-state index contributed by atoms with van der Waals surface area (Å²) in [6, 6.07) is 1.97. The molecule has 2 heterocycles. The Hall–Kier alpha value is -1.51. The second-order valence-electron chi connectivity index (χ2n) is 2.62. The summed E-state index contributed by atoms with van der Waals surface area (Å²) < 4.78 is 1.95. The highest BCUT2D eigenvalue weighted by Gasteiger charge is 2.06. The average Bonchev–Trinajstić information content (AvgIpc) is 2.32. The van der Waals surface area contributed by atoms with E-state index in [1.165, 1.54) is 0 Å². The monoisotopic (exact) mass is 147 g/mol. The minimum absolute atomic E-state index is 0.751. The third-order valence-electron chi connectivity index (χ3n) is 1.73. The molecule has 0 saturated heterocycles. The molecule has 3 heteroatoms. The molecule has 3 nitrogen and oxygen atoms in total. The van der Waals surface area contributed by atoms with Crippen molar-refractivity contribution in [3.8, 4) is 11.3 Å². The lowest BCUT2D eigenvalue weighted by molar-refractivity contribution is 0.902. The standard InChI is InChI=1S/C8H9N3/c1-11-3-2-6-7(9)4-10-8(6)5-11/h2-5H,9H2,1H3. The van der Waals surface area contributed by atoms with E-state index in [0.717, 1.165) is 16.9 Å². The summed E-state index contributed by atoms with van der Waals surface area (Å²) in [5.41, 5.74) is 8.39. The van der Waals surface area contributed by atoms with Gasteiger partial charge in [-0.05, 0) is 6.07 Å². The third-order valence-corrected chi connectivity index (χ3v) is 1.73. The van der Waals surface area contributed by atoms with Crippen LogP contribution in [0.25, 0.3) is 11.3 Å². The van der Waals surface area contributed by atoms with Gasteiger partial charge in [-0.1, -0.05) is 0 Å². The lowest BCUT2D eigenvalue weighted by Gasteiger charge is -2.01. The van der Waals surface area contributed by atoms with Gasteiger partial charge in [0.25, 0.3) is 0 Å². The van der Waals surface area contributed by atoms with Gasteiger partial charge in [-0.2, -0.15) is 0 Å². The van der Waals surface area contributed by atoms with Crippen molar-refractivity contribution in [3.05, 3.63) is 24.7 Å². The highest BCUT2D eigenvalue weighted by atomic mass is 14.9. The molecule has 0 aromatic carbocycles. The SMILES string of the molecule is Cn1ccc2c(N)cnc-2c1. The van der Waals surface area contributed by atoms with Gasteiger partial charge < -0.3 is 10.3 Å². The molecule has 0 aromatic heterocycles. The molecule has 56 valence electrons. The predicted molar refractivity (Wildman–Crippen MR) is 44.2 cm³/mol. The summed E-state index contributed by atoms with van der Waals surface area (Å²) in [6.45, 7) is 0. The number of nitrogen functional groups attached to an aromatic ring is 1. The molecule has 0 atom stereocenters. The van der Waals surface area contributed by atoms with Crippen LogP contribution in [0.2, 0.25) is 0 Å². The van der Waals surface area contributed by atoms with Crippen molar-refractivity contribution in [2.45, 2.75) is 0 Å². The van der Waals surface area contributed by atoms with Gasteiger partial charge >= 0.3 is 0 Å². The first kappa shape index (κ1) is 6.22. The number of nitrogens with zero attached hydrogens (tertiary/aromatic N) is 2. The molecule has 0 spiro atoms. The molecule has 0 bridgehead atoms. The number of aromatic nitrogens is 2. The molecule has 11 heavy (non-hydrogen) atoms. The molecular formula is C8H9N3. The Bertz CT molecular complexity index is 351. The second-order valence-corrected chi connectivity index (χ2v) is 2.62. The first-order valence-corrected chi connectivity index (χ1v) is 3.43. The molecule has 0 amide bonds. The normalized spacial score (nSPS) is 10.6. The first-order chi connectivity index (χ1) is 5.27. The Morgan fingerprint density at radius 2 is 2.36 bits per heavy atom. The first-order valence-electron chi connectivity index (χ1n) is 3.43. The molecule has 0 aromatic rings. The Labute approximate surface area is 64.8 Å². The Morgan fingerprint density at radius 3 is 3.18 bits per heavy atom. The number of fused-ring (bicyclic) bond motifs is 1. The maximum atomic E-state index is 5.65. The van der Waals surface area contributed by atoms with Gasteiger partial charge in [0.15, 0.2) is 0 Å². The quantitative estimate of drug-likeness (QED) is 0.606. The number of hydrogen-bond acceptors (Lipinski definition) is 2. The van der Waals surface area contributed by atoms with E-state index >= 15 is 0 Å². The molecule has 0 radical (unpaired) electrons. The highest BCUT2D eigenvalue weighted by molar-refractivity contribution is 5.74. The van der Waals surface area contributed by atoms with Crippen LogP contribution in [0.5, 0.6) is 0 Å². The van der Waals surface area contributed by atoms with Gasteiger partial charge in [0, 0.05) is 25.0 Å². The largest absolute Gasteiger partial charge is 0.397 e. The fraction of sp³-hybridized carbons (Fsp3) is 0.125. The van der Waals surface area contributed by atoms with Gasteiger partial charge in [-0.25, -0.2) is 0 Å². The van der Waals surface area contributed by atoms with E-state index < -0.39 is 0 Å². The van der Waals surface area contributed by atoms with Gasteiger partial charge in [-0.15, -0.1) is 0 Å². The van der Waals surface area contributed by atoms with E-state index in [4.69, 9.17) is 5.73 Å². The summed E-state index contributed by atoms with van der Waals surface area (Å²) in [7, 11) is 1.96. The van der Waals surface area contributed by atoms with Crippen LogP contribution in [-0.4, -0.2) is 9.55 Å². The van der Waals surface area contributed by atoms with Crippen LogP contribution in [0.3, 0.4) is 0 Å². The molecule has 0 saturated carbocycles. The van der Waals surface area contributed by atoms with Crippen LogP contribution in [-0.2, 0) is 7.05 Å². The Kier molecular flexibility index (Phi) is 1.12. The number of pyridine rings is 1. The minimum Gasteiger partial charge on any atom is -0.397 e. The lowest BCUT2D eigenvalue weighted by atomic mass is 10.2. The summed E-state index contributed by atoms with van der Waals surface area (Å²) >= 11 is 0. The molecule has 0 fully saturated rings. The summed E-state index contributed by atoms with van der Waals surface area (Å²) in [5, 5.41) is 0. The van der Waals surface area contributed by atoms with E-state index in [1.807, 2.05) is 30.1 Å². The summed E-state index contributed by atoms with van der Waals surface area (Å²) in [5.74, 6) is 0. The van der Waals surface area contributed by atoms with Crippen LogP contribution >= 0.6 is 0 Å². The zero-order valence-electron chi connectivity index (χ0n) is 6.28. The molecule has 2 aliphatic heterocycles. The maximum absolute atomic E-state index is 5.65. The number of nitrogens with two attached hydrogens (primary N) is 1. The maximum Gasteiger partial charge on any atom is 0.0886 e. The molecule has 2 aliphatic rings. The van der Waals surface area contributed by atoms with E-state index in [-0.39, 0.29) is 0 Å². The smallest absolute Gasteiger partial charge is 0.0886 e. The summed E-state index contributed by atoms with van der Waals surface area (Å²) in [6.07, 6.45) is 5.59. The molecule has 2 N–H and O–H groups in total. The average molecular weight is 147 g/mol. The number of aryl methyl sites for hydroxylation is 1. The molecule has 0 unspecified atom stereocenters. The van der Waals surface area contributed by atoms with Gasteiger partial charge in [-0.3, -0.25) is 4.98 Å². The minimum atomic E-state index is 0.751. The number of rotatable bonds is 0. The number of hydrogen-bond donors (Lipinski definition) is 1. The van der Waals surface area contributed by atoms with E-state index in [9.17, 15) is 0 Å². The van der Waals surface area contributed by atoms with Gasteiger partial charge in [0.1, 0.15) is 0 Å². The highest BCUT2D eigenvalue weighted by Crippen LogP contribution is 2.25. The fourth-order valence-corrected chi connectivity index (χ4v) is 1.14. The van der Waals surface area contributed by atoms with Crippen LogP contribution in [0.15, 0.2) is 24.7 Å². The molecule has 0 aliphatic carbocycles. The van der Waals surface area contributed by atoms with Crippen molar-refractivity contribution in [1.82, 2.24) is 9.55 Å². The zero-order valence-corrected chi connectivity index (χ0v) is 6.28. The zero-order chi connectivity index (χ0) is 7.84. The van der Waals surface area contributed by atoms with Crippen LogP contribution in [0.1, 0.15) is 0 Å². The Morgan fingerprint density at radius 1 is 1.55 bits per heavy atom. The van der Waals surface area contributed by atoms with Gasteiger partial charge in [0.05, 0.1) is 17.6 Å². The van der Waals surface area contributed by atoms with E-state index in [0.29, 0.717) is 0 Å². The fourth-order valence-electron chi connectivity index (χ4n) is 1.14. The van der Waals surface area contributed by atoms with Crippen LogP contribution in [0.4, 0.5) is 5.69 Å². The van der Waals surface area contributed by atoms with Crippen molar-refractivity contribution in [2.24, 2.45) is 7.05 Å². The van der Waals surface area contributed by atoms with Crippen molar-refractivity contribution in [3.63, 3.8) is 0 Å². The topological polar surface area (TPSA) is 43.8 Å². The number of anilines is 1.